The number of esters is 1. The van der Waals surface area contributed by atoms with Crippen LogP contribution in [0.5, 0.6) is 0 Å². The van der Waals surface area contributed by atoms with E-state index >= 15 is 0 Å². The predicted octanol–water partition coefficient (Wildman–Crippen LogP) is 4.01. The maximum atomic E-state index is 13.1. The van der Waals surface area contributed by atoms with Gasteiger partial charge >= 0.3 is 5.97 Å². The van der Waals surface area contributed by atoms with Gasteiger partial charge in [0.1, 0.15) is 0 Å². The van der Waals surface area contributed by atoms with E-state index < -0.39 is 17.1 Å². The van der Waals surface area contributed by atoms with E-state index in [9.17, 15) is 14.7 Å². The molecule has 5 heteroatoms. The zero-order valence-electron chi connectivity index (χ0n) is 17.0. The molecule has 0 spiro atoms. The fourth-order valence-corrected chi connectivity index (χ4v) is 6.14. The van der Waals surface area contributed by atoms with Gasteiger partial charge in [-0.1, -0.05) is 32.0 Å². The van der Waals surface area contributed by atoms with Gasteiger partial charge in [-0.15, -0.1) is 0 Å². The molecule has 2 unspecified atom stereocenters. The Morgan fingerprint density at radius 3 is 2.36 bits per heavy atom. The zero-order valence-corrected chi connectivity index (χ0v) is 17.0. The van der Waals surface area contributed by atoms with Crippen LogP contribution in [-0.2, 0) is 14.3 Å². The molecule has 1 aromatic rings. The maximum absolute atomic E-state index is 13.1. The molecule has 0 saturated heterocycles. The van der Waals surface area contributed by atoms with Crippen LogP contribution in [0.2, 0.25) is 0 Å². The lowest BCUT2D eigenvalue weighted by molar-refractivity contribution is -0.199. The smallest absolute Gasteiger partial charge is 0.312 e. The summed E-state index contributed by atoms with van der Waals surface area (Å²) in [6.07, 6.45) is 3.91. The molecule has 5 atom stereocenters. The Morgan fingerprint density at radius 2 is 1.75 bits per heavy atom. The number of carbonyl (C=O) groups is 2. The predicted molar refractivity (Wildman–Crippen MR) is 107 cm³/mol. The third-order valence-corrected chi connectivity index (χ3v) is 6.96. The van der Waals surface area contributed by atoms with Crippen LogP contribution in [0.15, 0.2) is 24.3 Å². The number of nitrogens with one attached hydrogen (secondary N) is 1. The average molecular weight is 386 g/mol. The fourth-order valence-electron chi connectivity index (χ4n) is 6.14. The molecular formula is C23H31NO4. The van der Waals surface area contributed by atoms with E-state index in [0.29, 0.717) is 18.3 Å². The largest absolute Gasteiger partial charge is 0.452 e. The van der Waals surface area contributed by atoms with E-state index in [1.165, 1.54) is 0 Å². The molecule has 4 bridgehead atoms. The SMILES string of the molecule is CC(C)c1ccccc1NC(=O)[C@H](C)OC(=O)C12C[C@@H]3C[C@@H](CC(O)(C3)C1)C2. The second-order valence-electron chi connectivity index (χ2n) is 9.74. The highest BCUT2D eigenvalue weighted by molar-refractivity contribution is 5.96. The zero-order chi connectivity index (χ0) is 20.1. The van der Waals surface area contributed by atoms with E-state index in [2.05, 4.69) is 19.2 Å². The highest BCUT2D eigenvalue weighted by atomic mass is 16.5. The van der Waals surface area contributed by atoms with Crippen LogP contribution in [-0.4, -0.2) is 28.7 Å². The first-order valence-corrected chi connectivity index (χ1v) is 10.5. The first kappa shape index (κ1) is 19.4. The Balaban J connectivity index is 1.43. The molecular weight excluding hydrogens is 354 g/mol. The molecule has 0 aliphatic heterocycles. The lowest BCUT2D eigenvalue weighted by atomic mass is 9.48. The van der Waals surface area contributed by atoms with Gasteiger partial charge in [0.25, 0.3) is 5.91 Å². The highest BCUT2D eigenvalue weighted by Gasteiger charge is 2.61. The second-order valence-corrected chi connectivity index (χ2v) is 9.74. The van der Waals surface area contributed by atoms with Gasteiger partial charge in [0.2, 0.25) is 0 Å². The van der Waals surface area contributed by atoms with Crippen LogP contribution < -0.4 is 5.32 Å². The van der Waals surface area contributed by atoms with Crippen LogP contribution in [0.3, 0.4) is 0 Å². The second kappa shape index (κ2) is 6.87. The van der Waals surface area contributed by atoms with E-state index in [-0.39, 0.29) is 17.8 Å². The standard InChI is InChI=1S/C23H31NO4/c1-14(2)18-6-4-5-7-19(18)24-20(25)15(3)28-21(26)22-9-16-8-17(10-22)12-23(27,11-16)13-22/h4-7,14-17,27H,8-13H2,1-3H3,(H,24,25)/t15-,16-,17+,22?,23?/m0/s1. The molecule has 2 N–H and O–H groups in total. The van der Waals surface area contributed by atoms with Crippen LogP contribution in [0, 0.1) is 17.3 Å². The Hall–Kier alpha value is -1.88. The number of amides is 1. The number of ether oxygens (including phenoxy) is 1. The lowest BCUT2D eigenvalue weighted by Crippen LogP contribution is -2.59. The van der Waals surface area contributed by atoms with Crippen molar-refractivity contribution in [2.24, 2.45) is 17.3 Å². The van der Waals surface area contributed by atoms with E-state index in [4.69, 9.17) is 4.74 Å². The quantitative estimate of drug-likeness (QED) is 0.751. The molecule has 5 rings (SSSR count). The summed E-state index contributed by atoms with van der Waals surface area (Å²) in [7, 11) is 0. The van der Waals surface area contributed by atoms with E-state index in [1.807, 2.05) is 24.3 Å². The van der Waals surface area contributed by atoms with Gasteiger partial charge in [0.05, 0.1) is 11.0 Å². The number of rotatable bonds is 5. The Kier molecular flexibility index (Phi) is 4.77. The van der Waals surface area contributed by atoms with Crippen molar-refractivity contribution in [3.63, 3.8) is 0 Å². The van der Waals surface area contributed by atoms with Crippen molar-refractivity contribution in [2.75, 3.05) is 5.32 Å². The number of hydrogen-bond acceptors (Lipinski definition) is 4. The summed E-state index contributed by atoms with van der Waals surface area (Å²) in [4.78, 5) is 25.7. The lowest BCUT2D eigenvalue weighted by Gasteiger charge is -2.58. The average Bonchev–Trinajstić information content (AvgIpc) is 2.59. The van der Waals surface area contributed by atoms with Crippen molar-refractivity contribution in [2.45, 2.75) is 76.9 Å². The van der Waals surface area contributed by atoms with Crippen molar-refractivity contribution in [1.29, 1.82) is 0 Å². The van der Waals surface area contributed by atoms with Crippen molar-refractivity contribution < 1.29 is 19.4 Å². The Labute approximate surface area is 166 Å². The van der Waals surface area contributed by atoms with Gasteiger partial charge in [-0.05, 0) is 74.8 Å². The summed E-state index contributed by atoms with van der Waals surface area (Å²) >= 11 is 0. The number of hydrogen-bond donors (Lipinski definition) is 2. The van der Waals surface area contributed by atoms with Gasteiger partial charge < -0.3 is 15.2 Å². The minimum absolute atomic E-state index is 0.280. The van der Waals surface area contributed by atoms with Gasteiger partial charge in [-0.2, -0.15) is 0 Å². The van der Waals surface area contributed by atoms with Gasteiger partial charge in [0.15, 0.2) is 6.10 Å². The van der Waals surface area contributed by atoms with Gasteiger partial charge in [-0.3, -0.25) is 9.59 Å². The van der Waals surface area contributed by atoms with Gasteiger partial charge in [0, 0.05) is 5.69 Å². The molecule has 152 valence electrons. The first-order valence-electron chi connectivity index (χ1n) is 10.5. The molecule has 1 aromatic carbocycles. The van der Waals surface area contributed by atoms with Crippen LogP contribution in [0.25, 0.3) is 0 Å². The molecule has 4 aliphatic rings. The summed E-state index contributed by atoms with van der Waals surface area (Å²) in [5.41, 5.74) is 0.487. The third-order valence-electron chi connectivity index (χ3n) is 6.96. The maximum Gasteiger partial charge on any atom is 0.312 e. The fraction of sp³-hybridized carbons (Fsp3) is 0.652. The molecule has 0 aromatic heterocycles. The summed E-state index contributed by atoms with van der Waals surface area (Å²) in [5.74, 6) is 0.466. The molecule has 28 heavy (non-hydrogen) atoms. The van der Waals surface area contributed by atoms with E-state index in [1.54, 1.807) is 6.92 Å². The summed E-state index contributed by atoms with van der Waals surface area (Å²) in [6, 6.07) is 7.70. The topological polar surface area (TPSA) is 75.6 Å². The normalized spacial score (nSPS) is 34.3. The molecule has 5 nitrogen and oxygen atoms in total. The van der Waals surface area contributed by atoms with E-state index in [0.717, 1.165) is 43.4 Å². The van der Waals surface area contributed by atoms with Gasteiger partial charge in [-0.25, -0.2) is 0 Å². The first-order chi connectivity index (χ1) is 13.2. The summed E-state index contributed by atoms with van der Waals surface area (Å²) < 4.78 is 5.65. The highest BCUT2D eigenvalue weighted by Crippen LogP contribution is 2.62. The number of para-hydroxylation sites is 1. The van der Waals surface area contributed by atoms with Crippen molar-refractivity contribution in [3.05, 3.63) is 29.8 Å². The Bertz CT molecular complexity index is 773. The molecule has 4 fully saturated rings. The number of benzene rings is 1. The van der Waals surface area contributed by atoms with Crippen molar-refractivity contribution in [1.82, 2.24) is 0 Å². The molecule has 0 heterocycles. The summed E-state index contributed by atoms with van der Waals surface area (Å²) in [5, 5.41) is 13.8. The third kappa shape index (κ3) is 3.45. The molecule has 4 aliphatic carbocycles. The van der Waals surface area contributed by atoms with Crippen LogP contribution in [0.4, 0.5) is 5.69 Å². The Morgan fingerprint density at radius 1 is 1.11 bits per heavy atom. The van der Waals surface area contributed by atoms with Crippen LogP contribution >= 0.6 is 0 Å². The van der Waals surface area contributed by atoms with Crippen LogP contribution in [0.1, 0.15) is 70.8 Å². The monoisotopic (exact) mass is 385 g/mol. The van der Waals surface area contributed by atoms with Crippen molar-refractivity contribution >= 4 is 17.6 Å². The number of anilines is 1. The van der Waals surface area contributed by atoms with Crippen molar-refractivity contribution in [3.8, 4) is 0 Å². The molecule has 0 radical (unpaired) electrons. The number of carbonyl (C=O) groups excluding carboxylic acids is 2. The minimum Gasteiger partial charge on any atom is -0.452 e. The molecule has 4 saturated carbocycles. The summed E-state index contributed by atoms with van der Waals surface area (Å²) in [6.45, 7) is 5.78. The molecule has 1 amide bonds. The minimum atomic E-state index is -0.865. The number of aliphatic hydroxyl groups is 1.